The molecule has 5 heteroatoms. The van der Waals surface area contributed by atoms with Crippen LogP contribution in [0.15, 0.2) is 0 Å². The van der Waals surface area contributed by atoms with Gasteiger partial charge in [-0.2, -0.15) is 0 Å². The second-order valence-electron chi connectivity index (χ2n) is 5.23. The lowest BCUT2D eigenvalue weighted by atomic mass is 10.2. The molecule has 0 aliphatic heterocycles. The van der Waals surface area contributed by atoms with Crippen LogP contribution in [0.3, 0.4) is 0 Å². The van der Waals surface area contributed by atoms with Gasteiger partial charge in [-0.25, -0.2) is 8.42 Å². The van der Waals surface area contributed by atoms with Gasteiger partial charge in [-0.3, -0.25) is 0 Å². The third-order valence-electron chi connectivity index (χ3n) is 3.53. The Balaban J connectivity index is 2.27. The summed E-state index contributed by atoms with van der Waals surface area (Å²) in [6, 6.07) is 1.17. The van der Waals surface area contributed by atoms with E-state index in [1.54, 1.807) is 0 Å². The largest absolute Gasteiger partial charge is 0.314 e. The van der Waals surface area contributed by atoms with Crippen LogP contribution in [0.2, 0.25) is 0 Å². The lowest BCUT2D eigenvalue weighted by molar-refractivity contribution is 0.255. The molecule has 2 atom stereocenters. The van der Waals surface area contributed by atoms with E-state index in [4.69, 9.17) is 0 Å². The van der Waals surface area contributed by atoms with Gasteiger partial charge in [0.1, 0.15) is 9.84 Å². The van der Waals surface area contributed by atoms with Crippen molar-refractivity contribution in [3.8, 4) is 0 Å². The first kappa shape index (κ1) is 14.9. The molecule has 0 aromatic carbocycles. The molecule has 0 aromatic rings. The molecular weight excluding hydrogens is 236 g/mol. The van der Waals surface area contributed by atoms with Gasteiger partial charge in [0.15, 0.2) is 0 Å². The van der Waals surface area contributed by atoms with Crippen LogP contribution in [0.4, 0.5) is 0 Å². The molecule has 2 unspecified atom stereocenters. The minimum absolute atomic E-state index is 0.271. The zero-order chi connectivity index (χ0) is 12.9. The Morgan fingerprint density at radius 1 is 1.35 bits per heavy atom. The van der Waals surface area contributed by atoms with E-state index in [-0.39, 0.29) is 5.75 Å². The minimum atomic E-state index is -2.83. The number of rotatable bonds is 7. The molecule has 0 amide bonds. The van der Waals surface area contributed by atoms with Gasteiger partial charge in [0.25, 0.3) is 0 Å². The Morgan fingerprint density at radius 2 is 2.06 bits per heavy atom. The van der Waals surface area contributed by atoms with Crippen LogP contribution in [-0.4, -0.2) is 57.5 Å². The lowest BCUT2D eigenvalue weighted by Crippen LogP contribution is -2.35. The maximum Gasteiger partial charge on any atom is 0.148 e. The summed E-state index contributed by atoms with van der Waals surface area (Å²) >= 11 is 0. The van der Waals surface area contributed by atoms with Crippen LogP contribution in [0.5, 0.6) is 0 Å². The van der Waals surface area contributed by atoms with Crippen LogP contribution >= 0.6 is 0 Å². The van der Waals surface area contributed by atoms with Crippen molar-refractivity contribution in [2.75, 3.05) is 32.1 Å². The average molecular weight is 262 g/mol. The molecular formula is C12H26N2O2S. The van der Waals surface area contributed by atoms with Gasteiger partial charge in [0.05, 0.1) is 5.75 Å². The first-order valence-electron chi connectivity index (χ1n) is 6.53. The number of nitrogens with one attached hydrogen (secondary N) is 1. The van der Waals surface area contributed by atoms with Gasteiger partial charge in [0.2, 0.25) is 0 Å². The quantitative estimate of drug-likeness (QED) is 0.740. The van der Waals surface area contributed by atoms with Gasteiger partial charge in [-0.05, 0) is 39.3 Å². The molecule has 0 saturated heterocycles. The summed E-state index contributed by atoms with van der Waals surface area (Å²) in [5.41, 5.74) is 0. The first-order valence-corrected chi connectivity index (χ1v) is 8.59. The monoisotopic (exact) mass is 262 g/mol. The SMILES string of the molecule is CCCNC1CCC(N(C)CCS(C)(=O)=O)C1. The Kier molecular flexibility index (Phi) is 5.89. The highest BCUT2D eigenvalue weighted by Crippen LogP contribution is 2.23. The van der Waals surface area contributed by atoms with Crippen molar-refractivity contribution in [3.05, 3.63) is 0 Å². The zero-order valence-electron chi connectivity index (χ0n) is 11.3. The summed E-state index contributed by atoms with van der Waals surface area (Å²) < 4.78 is 22.2. The summed E-state index contributed by atoms with van der Waals surface area (Å²) in [5.74, 6) is 0.271. The molecule has 17 heavy (non-hydrogen) atoms. The van der Waals surface area contributed by atoms with Crippen LogP contribution in [0.25, 0.3) is 0 Å². The maximum absolute atomic E-state index is 11.1. The number of nitrogens with zero attached hydrogens (tertiary/aromatic N) is 1. The van der Waals surface area contributed by atoms with Gasteiger partial charge in [-0.15, -0.1) is 0 Å². The molecule has 1 fully saturated rings. The molecule has 1 rings (SSSR count). The van der Waals surface area contributed by atoms with Crippen LogP contribution < -0.4 is 5.32 Å². The summed E-state index contributed by atoms with van der Waals surface area (Å²) in [6.45, 7) is 3.92. The fourth-order valence-corrected chi connectivity index (χ4v) is 3.00. The van der Waals surface area contributed by atoms with Gasteiger partial charge >= 0.3 is 0 Å². The van der Waals surface area contributed by atoms with Crippen molar-refractivity contribution in [1.29, 1.82) is 0 Å². The Morgan fingerprint density at radius 3 is 2.65 bits per heavy atom. The van der Waals surface area contributed by atoms with Gasteiger partial charge < -0.3 is 10.2 Å². The molecule has 1 aliphatic rings. The third kappa shape index (κ3) is 5.84. The molecule has 0 spiro atoms. The van der Waals surface area contributed by atoms with Gasteiger partial charge in [-0.1, -0.05) is 6.92 Å². The summed E-state index contributed by atoms with van der Waals surface area (Å²) in [6.07, 6.45) is 6.03. The smallest absolute Gasteiger partial charge is 0.148 e. The molecule has 1 saturated carbocycles. The van der Waals surface area contributed by atoms with Crippen molar-refractivity contribution in [2.45, 2.75) is 44.7 Å². The Bertz CT molecular complexity index is 316. The highest BCUT2D eigenvalue weighted by molar-refractivity contribution is 7.90. The van der Waals surface area contributed by atoms with Crippen LogP contribution in [0, 0.1) is 0 Å². The standard InChI is InChI=1S/C12H26N2O2S/c1-4-7-13-11-5-6-12(10-11)14(2)8-9-17(3,15)16/h11-13H,4-10H2,1-3H3. The average Bonchev–Trinajstić information content (AvgIpc) is 2.70. The topological polar surface area (TPSA) is 49.4 Å². The van der Waals surface area contributed by atoms with Crippen molar-refractivity contribution in [2.24, 2.45) is 0 Å². The van der Waals surface area contributed by atoms with E-state index in [0.29, 0.717) is 18.6 Å². The number of sulfone groups is 1. The number of hydrogen-bond donors (Lipinski definition) is 1. The Hall–Kier alpha value is -0.130. The normalized spacial score (nSPS) is 25.6. The van der Waals surface area contributed by atoms with E-state index in [0.717, 1.165) is 13.0 Å². The minimum Gasteiger partial charge on any atom is -0.314 e. The first-order chi connectivity index (χ1) is 7.92. The van der Waals surface area contributed by atoms with E-state index in [1.165, 1.54) is 25.5 Å². The highest BCUT2D eigenvalue weighted by Gasteiger charge is 2.27. The molecule has 102 valence electrons. The number of hydrogen-bond acceptors (Lipinski definition) is 4. The summed E-state index contributed by atoms with van der Waals surface area (Å²) in [5, 5.41) is 3.54. The van der Waals surface area contributed by atoms with E-state index < -0.39 is 9.84 Å². The van der Waals surface area contributed by atoms with Crippen LogP contribution in [-0.2, 0) is 9.84 Å². The molecule has 4 nitrogen and oxygen atoms in total. The van der Waals surface area contributed by atoms with E-state index in [2.05, 4.69) is 17.1 Å². The van der Waals surface area contributed by atoms with Crippen molar-refractivity contribution in [3.63, 3.8) is 0 Å². The third-order valence-corrected chi connectivity index (χ3v) is 4.45. The van der Waals surface area contributed by atoms with Crippen molar-refractivity contribution < 1.29 is 8.42 Å². The fraction of sp³-hybridized carbons (Fsp3) is 1.00. The van der Waals surface area contributed by atoms with Crippen molar-refractivity contribution in [1.82, 2.24) is 10.2 Å². The second-order valence-corrected chi connectivity index (χ2v) is 7.49. The van der Waals surface area contributed by atoms with E-state index in [9.17, 15) is 8.42 Å². The van der Waals surface area contributed by atoms with E-state index in [1.807, 2.05) is 7.05 Å². The Labute approximate surface area is 106 Å². The summed E-state index contributed by atoms with van der Waals surface area (Å²) in [4.78, 5) is 2.20. The summed E-state index contributed by atoms with van der Waals surface area (Å²) in [7, 11) is -0.794. The molecule has 1 aliphatic carbocycles. The fourth-order valence-electron chi connectivity index (χ4n) is 2.38. The predicted octanol–water partition coefficient (Wildman–Crippen LogP) is 0.884. The molecule has 1 N–H and O–H groups in total. The maximum atomic E-state index is 11.1. The van der Waals surface area contributed by atoms with Gasteiger partial charge in [0, 0.05) is 24.9 Å². The molecule has 0 bridgehead atoms. The highest BCUT2D eigenvalue weighted by atomic mass is 32.2. The van der Waals surface area contributed by atoms with Crippen molar-refractivity contribution >= 4 is 9.84 Å². The van der Waals surface area contributed by atoms with E-state index >= 15 is 0 Å². The van der Waals surface area contributed by atoms with Crippen LogP contribution in [0.1, 0.15) is 32.6 Å². The lowest BCUT2D eigenvalue weighted by Gasteiger charge is -2.24. The molecule has 0 aromatic heterocycles. The molecule has 0 heterocycles. The zero-order valence-corrected chi connectivity index (χ0v) is 12.1. The second kappa shape index (κ2) is 6.71. The predicted molar refractivity (Wildman–Crippen MR) is 72.1 cm³/mol. The molecule has 0 radical (unpaired) electrons.